The topological polar surface area (TPSA) is 43.6 Å². The first kappa shape index (κ1) is 19.6. The summed E-state index contributed by atoms with van der Waals surface area (Å²) in [6.07, 6.45) is -4.45. The molecule has 1 heterocycles. The second-order valence-electron chi connectivity index (χ2n) is 5.63. The van der Waals surface area contributed by atoms with Crippen LogP contribution < -0.4 is 4.80 Å². The summed E-state index contributed by atoms with van der Waals surface area (Å²) in [6.45, 7) is 0.882. The predicted octanol–water partition coefficient (Wildman–Crippen LogP) is 4.76. The van der Waals surface area contributed by atoms with Gasteiger partial charge in [0, 0.05) is 24.2 Å². The lowest BCUT2D eigenvalue weighted by Crippen LogP contribution is -2.19. The molecule has 0 saturated carbocycles. The van der Waals surface area contributed by atoms with Crippen molar-refractivity contribution in [3.8, 4) is 0 Å². The molecular formula is C18H14ClF3N2O2S. The molecule has 4 nitrogen and oxygen atoms in total. The van der Waals surface area contributed by atoms with E-state index < -0.39 is 17.6 Å². The lowest BCUT2D eigenvalue weighted by molar-refractivity contribution is -0.137. The molecule has 0 fully saturated rings. The van der Waals surface area contributed by atoms with Gasteiger partial charge in [0.05, 0.1) is 22.4 Å². The summed E-state index contributed by atoms with van der Waals surface area (Å²) in [5, 5.41) is 0.559. The first-order valence-corrected chi connectivity index (χ1v) is 9.03. The predicted molar refractivity (Wildman–Crippen MR) is 98.0 cm³/mol. The van der Waals surface area contributed by atoms with Crippen LogP contribution in [0.2, 0.25) is 5.02 Å². The fourth-order valence-corrected chi connectivity index (χ4v) is 3.81. The fourth-order valence-electron chi connectivity index (χ4n) is 2.48. The number of aromatic nitrogens is 1. The number of rotatable bonds is 4. The van der Waals surface area contributed by atoms with Crippen molar-refractivity contribution in [3.05, 3.63) is 63.4 Å². The first-order chi connectivity index (χ1) is 12.8. The normalized spacial score (nSPS) is 12.7. The maximum absolute atomic E-state index is 12.7. The number of thiazole rings is 1. The van der Waals surface area contributed by atoms with Crippen LogP contribution in [0.4, 0.5) is 13.2 Å². The molecule has 0 aliphatic heterocycles. The lowest BCUT2D eigenvalue weighted by Gasteiger charge is -2.06. The maximum atomic E-state index is 12.7. The Morgan fingerprint density at radius 1 is 1.22 bits per heavy atom. The van der Waals surface area contributed by atoms with E-state index in [1.807, 2.05) is 10.6 Å². The van der Waals surface area contributed by atoms with Gasteiger partial charge in [-0.2, -0.15) is 18.2 Å². The molecule has 3 rings (SSSR count). The molecule has 9 heteroatoms. The van der Waals surface area contributed by atoms with Gasteiger partial charge in [-0.1, -0.05) is 22.9 Å². The summed E-state index contributed by atoms with van der Waals surface area (Å²) < 4.78 is 45.7. The minimum absolute atomic E-state index is 0.0804. The molecule has 0 aliphatic rings. The fraction of sp³-hybridized carbons (Fsp3) is 0.222. The summed E-state index contributed by atoms with van der Waals surface area (Å²) in [5.74, 6) is -0.618. The monoisotopic (exact) mass is 414 g/mol. The molecule has 3 aromatic rings. The Balaban J connectivity index is 2.02. The molecule has 1 amide bonds. The van der Waals surface area contributed by atoms with E-state index in [-0.39, 0.29) is 5.56 Å². The van der Waals surface area contributed by atoms with E-state index >= 15 is 0 Å². The van der Waals surface area contributed by atoms with Gasteiger partial charge in [0.1, 0.15) is 0 Å². The summed E-state index contributed by atoms with van der Waals surface area (Å²) in [5.41, 5.74) is 0.114. The second-order valence-corrected chi connectivity index (χ2v) is 7.08. The van der Waals surface area contributed by atoms with Crippen LogP contribution in [-0.2, 0) is 17.5 Å². The molecule has 0 radical (unpaired) electrons. The van der Waals surface area contributed by atoms with E-state index in [0.29, 0.717) is 23.0 Å². The molecule has 0 spiro atoms. The number of hydrogen-bond acceptors (Lipinski definition) is 3. The van der Waals surface area contributed by atoms with Crippen LogP contribution in [0.5, 0.6) is 0 Å². The number of ether oxygens (including phenoxy) is 1. The van der Waals surface area contributed by atoms with Crippen molar-refractivity contribution in [2.45, 2.75) is 12.7 Å². The highest BCUT2D eigenvalue weighted by Gasteiger charge is 2.30. The van der Waals surface area contributed by atoms with E-state index in [1.54, 1.807) is 19.2 Å². The molecule has 0 atom stereocenters. The van der Waals surface area contributed by atoms with Crippen molar-refractivity contribution in [1.82, 2.24) is 4.57 Å². The Labute approximate surface area is 161 Å². The molecule has 0 unspecified atom stereocenters. The SMILES string of the molecule is COCCn1c(=NC(=O)c2ccc(C(F)(F)F)cc2)sc2cc(Cl)ccc21. The number of amides is 1. The number of alkyl halides is 3. The average Bonchev–Trinajstić information content (AvgIpc) is 2.95. The molecule has 27 heavy (non-hydrogen) atoms. The summed E-state index contributed by atoms with van der Waals surface area (Å²) in [7, 11) is 1.57. The van der Waals surface area contributed by atoms with Crippen LogP contribution in [0.1, 0.15) is 15.9 Å². The molecule has 142 valence electrons. The van der Waals surface area contributed by atoms with Crippen LogP contribution in [0.25, 0.3) is 10.2 Å². The van der Waals surface area contributed by atoms with Gasteiger partial charge in [0.25, 0.3) is 5.91 Å². The average molecular weight is 415 g/mol. The molecule has 0 N–H and O–H groups in total. The Morgan fingerprint density at radius 3 is 2.56 bits per heavy atom. The summed E-state index contributed by atoms with van der Waals surface area (Å²) in [4.78, 5) is 17.0. The van der Waals surface area contributed by atoms with Crippen molar-refractivity contribution < 1.29 is 22.7 Å². The van der Waals surface area contributed by atoms with Crippen LogP contribution in [-0.4, -0.2) is 24.2 Å². The van der Waals surface area contributed by atoms with Crippen molar-refractivity contribution in [3.63, 3.8) is 0 Å². The maximum Gasteiger partial charge on any atom is 0.416 e. The smallest absolute Gasteiger partial charge is 0.383 e. The third-order valence-electron chi connectivity index (χ3n) is 3.82. The van der Waals surface area contributed by atoms with Gasteiger partial charge in [-0.3, -0.25) is 4.79 Å². The van der Waals surface area contributed by atoms with Crippen LogP contribution in [0, 0.1) is 0 Å². The van der Waals surface area contributed by atoms with E-state index in [1.165, 1.54) is 11.3 Å². The highest BCUT2D eigenvalue weighted by Crippen LogP contribution is 2.29. The zero-order valence-electron chi connectivity index (χ0n) is 14.1. The Kier molecular flexibility index (Phi) is 5.69. The third-order valence-corrected chi connectivity index (χ3v) is 5.10. The molecule has 2 aromatic carbocycles. The summed E-state index contributed by atoms with van der Waals surface area (Å²) >= 11 is 7.30. The van der Waals surface area contributed by atoms with E-state index in [4.69, 9.17) is 16.3 Å². The Bertz CT molecular complexity index is 1040. The quantitative estimate of drug-likeness (QED) is 0.617. The van der Waals surface area contributed by atoms with Crippen LogP contribution in [0.15, 0.2) is 47.5 Å². The van der Waals surface area contributed by atoms with Gasteiger partial charge >= 0.3 is 6.18 Å². The molecule has 0 saturated heterocycles. The van der Waals surface area contributed by atoms with Crippen LogP contribution >= 0.6 is 22.9 Å². The number of halogens is 4. The van der Waals surface area contributed by atoms with Gasteiger partial charge in [-0.05, 0) is 42.5 Å². The second kappa shape index (κ2) is 7.84. The molecule has 1 aromatic heterocycles. The third kappa shape index (κ3) is 4.40. The first-order valence-electron chi connectivity index (χ1n) is 7.84. The van der Waals surface area contributed by atoms with Crippen LogP contribution in [0.3, 0.4) is 0 Å². The van der Waals surface area contributed by atoms with Crippen molar-refractivity contribution >= 4 is 39.1 Å². The van der Waals surface area contributed by atoms with Gasteiger partial charge in [-0.15, -0.1) is 0 Å². The van der Waals surface area contributed by atoms with Gasteiger partial charge in [0.15, 0.2) is 4.80 Å². The summed E-state index contributed by atoms with van der Waals surface area (Å²) in [6, 6.07) is 9.31. The van der Waals surface area contributed by atoms with Gasteiger partial charge in [-0.25, -0.2) is 0 Å². The zero-order chi connectivity index (χ0) is 19.6. The van der Waals surface area contributed by atoms with Gasteiger partial charge in [0.2, 0.25) is 0 Å². The van der Waals surface area contributed by atoms with E-state index in [9.17, 15) is 18.0 Å². The largest absolute Gasteiger partial charge is 0.416 e. The van der Waals surface area contributed by atoms with Crippen molar-refractivity contribution in [1.29, 1.82) is 0 Å². The molecular weight excluding hydrogens is 401 g/mol. The van der Waals surface area contributed by atoms with E-state index in [0.717, 1.165) is 34.5 Å². The molecule has 0 bridgehead atoms. The van der Waals surface area contributed by atoms with Crippen molar-refractivity contribution in [2.24, 2.45) is 4.99 Å². The number of carbonyl (C=O) groups is 1. The molecule has 0 aliphatic carbocycles. The van der Waals surface area contributed by atoms with E-state index in [2.05, 4.69) is 4.99 Å². The minimum Gasteiger partial charge on any atom is -0.383 e. The Hall–Kier alpha value is -2.16. The minimum atomic E-state index is -4.45. The zero-order valence-corrected chi connectivity index (χ0v) is 15.7. The number of fused-ring (bicyclic) bond motifs is 1. The highest BCUT2D eigenvalue weighted by atomic mass is 35.5. The Morgan fingerprint density at radius 2 is 1.93 bits per heavy atom. The number of nitrogens with zero attached hydrogens (tertiary/aromatic N) is 2. The van der Waals surface area contributed by atoms with Gasteiger partial charge < -0.3 is 9.30 Å². The number of carbonyl (C=O) groups excluding carboxylic acids is 1. The number of methoxy groups -OCH3 is 1. The highest BCUT2D eigenvalue weighted by molar-refractivity contribution is 7.16. The lowest BCUT2D eigenvalue weighted by atomic mass is 10.1. The number of benzene rings is 2. The standard InChI is InChI=1S/C18H14ClF3N2O2S/c1-26-9-8-24-14-7-6-13(19)10-15(14)27-17(24)23-16(25)11-2-4-12(5-3-11)18(20,21)22/h2-7,10H,8-9H2,1H3. The van der Waals surface area contributed by atoms with Crippen molar-refractivity contribution in [2.75, 3.05) is 13.7 Å². The number of hydrogen-bond donors (Lipinski definition) is 0.